The molecule has 0 aliphatic rings. The first-order valence-electron chi connectivity index (χ1n) is 5.99. The van der Waals surface area contributed by atoms with E-state index in [2.05, 4.69) is 15.3 Å². The van der Waals surface area contributed by atoms with Gasteiger partial charge in [0.1, 0.15) is 0 Å². The molecule has 1 heterocycles. The largest absolute Gasteiger partial charge is 0.359 e. The topological polar surface area (TPSA) is 61.0 Å². The highest BCUT2D eigenvalue weighted by Gasteiger charge is 2.15. The molecule has 0 aliphatic heterocycles. The smallest absolute Gasteiger partial charge is 0.224 e. The predicted octanol–water partition coefficient (Wildman–Crippen LogP) is 1.38. The van der Waals surface area contributed by atoms with Crippen molar-refractivity contribution in [2.24, 2.45) is 5.92 Å². The second-order valence-electron chi connectivity index (χ2n) is 4.47. The normalized spacial score (nSPS) is 12.4. The van der Waals surface area contributed by atoms with Crippen LogP contribution >= 0.6 is 0 Å². The number of carbonyl (C=O) groups excluding carboxylic acids is 1. The number of hydrogen-bond donors (Lipinski definition) is 2. The van der Waals surface area contributed by atoms with Crippen molar-refractivity contribution < 1.29 is 4.79 Å². The average molecular weight is 246 g/mol. The van der Waals surface area contributed by atoms with Crippen LogP contribution in [0.15, 0.2) is 24.3 Å². The van der Waals surface area contributed by atoms with Crippen LogP contribution in [0, 0.1) is 5.92 Å². The van der Waals surface area contributed by atoms with Crippen molar-refractivity contribution in [2.45, 2.75) is 6.92 Å². The summed E-state index contributed by atoms with van der Waals surface area (Å²) in [4.78, 5) is 21.2. The van der Waals surface area contributed by atoms with Gasteiger partial charge in [0.2, 0.25) is 11.9 Å². The first-order valence-corrected chi connectivity index (χ1v) is 5.99. The molecule has 2 N–H and O–H groups in total. The summed E-state index contributed by atoms with van der Waals surface area (Å²) in [6.45, 7) is 2.53. The third-order valence-electron chi connectivity index (χ3n) is 2.98. The molecule has 2 rings (SSSR count). The van der Waals surface area contributed by atoms with E-state index in [-0.39, 0.29) is 11.8 Å². The van der Waals surface area contributed by atoms with Gasteiger partial charge >= 0.3 is 0 Å². The molecule has 18 heavy (non-hydrogen) atoms. The van der Waals surface area contributed by atoms with Crippen molar-refractivity contribution >= 4 is 22.9 Å². The summed E-state index contributed by atoms with van der Waals surface area (Å²) in [5.41, 5.74) is 1.94. The summed E-state index contributed by atoms with van der Waals surface area (Å²) >= 11 is 0. The number of hydrogen-bond acceptors (Lipinski definition) is 3. The molecule has 0 bridgehead atoms. The summed E-state index contributed by atoms with van der Waals surface area (Å²) in [6.07, 6.45) is 0. The number of rotatable bonds is 4. The lowest BCUT2D eigenvalue weighted by Crippen LogP contribution is -2.34. The van der Waals surface area contributed by atoms with E-state index in [0.717, 1.165) is 17.0 Å². The Labute approximate surface area is 106 Å². The Bertz CT molecular complexity index is 516. The number of aromatic nitrogens is 2. The highest BCUT2D eigenvalue weighted by atomic mass is 16.1. The molecule has 2 aromatic rings. The highest BCUT2D eigenvalue weighted by Crippen LogP contribution is 2.16. The number of nitrogens with one attached hydrogen (secondary N) is 2. The summed E-state index contributed by atoms with van der Waals surface area (Å²) < 4.78 is 0. The van der Waals surface area contributed by atoms with Crippen LogP contribution in [0.5, 0.6) is 0 Å². The number of para-hydroxylation sites is 2. The second kappa shape index (κ2) is 5.08. The molecule has 1 aromatic carbocycles. The molecule has 0 radical (unpaired) electrons. The lowest BCUT2D eigenvalue weighted by molar-refractivity contribution is -0.123. The molecule has 0 fully saturated rings. The van der Waals surface area contributed by atoms with Gasteiger partial charge in [0, 0.05) is 20.6 Å². The van der Waals surface area contributed by atoms with Gasteiger partial charge in [-0.05, 0) is 12.1 Å². The zero-order valence-corrected chi connectivity index (χ0v) is 10.9. The molecule has 0 spiro atoms. The van der Waals surface area contributed by atoms with Crippen molar-refractivity contribution in [2.75, 3.05) is 25.5 Å². The van der Waals surface area contributed by atoms with E-state index in [4.69, 9.17) is 0 Å². The maximum Gasteiger partial charge on any atom is 0.224 e. The summed E-state index contributed by atoms with van der Waals surface area (Å²) in [7, 11) is 3.58. The Kier molecular flexibility index (Phi) is 3.50. The second-order valence-corrected chi connectivity index (χ2v) is 4.47. The molecular weight excluding hydrogens is 228 g/mol. The average Bonchev–Trinajstić information content (AvgIpc) is 2.81. The van der Waals surface area contributed by atoms with Crippen LogP contribution in [0.1, 0.15) is 6.92 Å². The predicted molar refractivity (Wildman–Crippen MR) is 72.6 cm³/mol. The van der Waals surface area contributed by atoms with Crippen LogP contribution in [-0.4, -0.2) is 36.5 Å². The molecule has 1 amide bonds. The lowest BCUT2D eigenvalue weighted by atomic mass is 10.1. The van der Waals surface area contributed by atoms with E-state index in [1.54, 1.807) is 7.05 Å². The molecule has 0 saturated heterocycles. The fourth-order valence-corrected chi connectivity index (χ4v) is 1.95. The highest BCUT2D eigenvalue weighted by molar-refractivity contribution is 5.79. The molecule has 0 aliphatic carbocycles. The Morgan fingerprint density at radius 3 is 2.89 bits per heavy atom. The van der Waals surface area contributed by atoms with Gasteiger partial charge in [0.05, 0.1) is 17.0 Å². The van der Waals surface area contributed by atoms with Crippen molar-refractivity contribution in [3.8, 4) is 0 Å². The van der Waals surface area contributed by atoms with E-state index >= 15 is 0 Å². The quantitative estimate of drug-likeness (QED) is 0.856. The molecule has 0 saturated carbocycles. The van der Waals surface area contributed by atoms with Crippen LogP contribution in [0.25, 0.3) is 11.0 Å². The minimum atomic E-state index is -0.0757. The van der Waals surface area contributed by atoms with Crippen LogP contribution in [0.3, 0.4) is 0 Å². The molecule has 96 valence electrons. The summed E-state index contributed by atoms with van der Waals surface area (Å²) in [5, 5.41) is 2.65. The Balaban J connectivity index is 2.13. The number of aromatic amines is 1. The van der Waals surface area contributed by atoms with Crippen LogP contribution in [0.2, 0.25) is 0 Å². The van der Waals surface area contributed by atoms with Crippen molar-refractivity contribution in [3.63, 3.8) is 0 Å². The van der Waals surface area contributed by atoms with Gasteiger partial charge in [-0.1, -0.05) is 19.1 Å². The maximum absolute atomic E-state index is 11.5. The van der Waals surface area contributed by atoms with E-state index in [1.165, 1.54) is 0 Å². The van der Waals surface area contributed by atoms with Gasteiger partial charge in [-0.15, -0.1) is 0 Å². The summed E-state index contributed by atoms with van der Waals surface area (Å²) in [5.74, 6) is 0.748. The van der Waals surface area contributed by atoms with Crippen LogP contribution in [-0.2, 0) is 4.79 Å². The van der Waals surface area contributed by atoms with E-state index < -0.39 is 0 Å². The van der Waals surface area contributed by atoms with Crippen molar-refractivity contribution in [1.82, 2.24) is 15.3 Å². The third kappa shape index (κ3) is 2.45. The fourth-order valence-electron chi connectivity index (χ4n) is 1.95. The minimum absolute atomic E-state index is 0.0398. The van der Waals surface area contributed by atoms with Gasteiger partial charge in [-0.2, -0.15) is 0 Å². The van der Waals surface area contributed by atoms with Crippen LogP contribution in [0.4, 0.5) is 5.95 Å². The van der Waals surface area contributed by atoms with E-state index in [0.29, 0.717) is 6.54 Å². The molecule has 5 heteroatoms. The molecule has 5 nitrogen and oxygen atoms in total. The van der Waals surface area contributed by atoms with Crippen LogP contribution < -0.4 is 10.2 Å². The van der Waals surface area contributed by atoms with Gasteiger partial charge in [-0.25, -0.2) is 4.98 Å². The van der Waals surface area contributed by atoms with Crippen molar-refractivity contribution in [1.29, 1.82) is 0 Å². The number of anilines is 1. The van der Waals surface area contributed by atoms with Gasteiger partial charge in [0.25, 0.3) is 0 Å². The first-order chi connectivity index (χ1) is 8.61. The number of amides is 1. The molecule has 1 unspecified atom stereocenters. The maximum atomic E-state index is 11.5. The Morgan fingerprint density at radius 1 is 1.50 bits per heavy atom. The van der Waals surface area contributed by atoms with Crippen molar-refractivity contribution in [3.05, 3.63) is 24.3 Å². The van der Waals surface area contributed by atoms with E-state index in [9.17, 15) is 4.79 Å². The SMILES string of the molecule is CNC(=O)C(C)CN(C)c1nc2ccccc2[nH]1. The van der Waals surface area contributed by atoms with E-state index in [1.807, 2.05) is 43.1 Å². The van der Waals surface area contributed by atoms with Gasteiger partial charge < -0.3 is 15.2 Å². The number of fused-ring (bicyclic) bond motifs is 1. The number of nitrogens with zero attached hydrogens (tertiary/aromatic N) is 2. The third-order valence-corrected chi connectivity index (χ3v) is 2.98. The van der Waals surface area contributed by atoms with Gasteiger partial charge in [-0.3, -0.25) is 4.79 Å². The number of H-pyrrole nitrogens is 1. The number of carbonyl (C=O) groups is 1. The zero-order valence-electron chi connectivity index (χ0n) is 10.9. The first kappa shape index (κ1) is 12.4. The number of imidazole rings is 1. The molecule has 1 atom stereocenters. The Hall–Kier alpha value is -2.04. The monoisotopic (exact) mass is 246 g/mol. The fraction of sp³-hybridized carbons (Fsp3) is 0.385. The zero-order chi connectivity index (χ0) is 13.1. The Morgan fingerprint density at radius 2 is 2.22 bits per heavy atom. The number of benzene rings is 1. The standard InChI is InChI=1S/C13H18N4O/c1-9(12(18)14-2)8-17(3)13-15-10-6-4-5-7-11(10)16-13/h4-7,9H,8H2,1-3H3,(H,14,18)(H,15,16). The van der Waals surface area contributed by atoms with Gasteiger partial charge in [0.15, 0.2) is 0 Å². The molecular formula is C13H18N4O. The minimum Gasteiger partial charge on any atom is -0.359 e. The summed E-state index contributed by atoms with van der Waals surface area (Å²) in [6, 6.07) is 7.88. The lowest BCUT2D eigenvalue weighted by Gasteiger charge is -2.19. The molecule has 1 aromatic heterocycles.